The second-order valence-electron chi connectivity index (χ2n) is 3.99. The fourth-order valence-electron chi connectivity index (χ4n) is 1.73. The Hall–Kier alpha value is -1.88. The summed E-state index contributed by atoms with van der Waals surface area (Å²) in [7, 11) is 0. The summed E-state index contributed by atoms with van der Waals surface area (Å²) >= 11 is 0. The Bertz CT molecular complexity index is 488. The molecule has 2 rings (SSSR count). The number of hydrogen-bond acceptors (Lipinski definition) is 3. The lowest BCUT2D eigenvalue weighted by Crippen LogP contribution is -2.13. The van der Waals surface area contributed by atoms with Crippen LogP contribution in [0, 0.1) is 0 Å². The number of H-pyrrole nitrogens is 1. The van der Waals surface area contributed by atoms with Crippen molar-refractivity contribution in [1.82, 2.24) is 9.97 Å². The van der Waals surface area contributed by atoms with Crippen molar-refractivity contribution in [3.8, 4) is 0 Å². The number of aliphatic hydroxyl groups excluding tert-OH is 1. The van der Waals surface area contributed by atoms with Gasteiger partial charge in [0.1, 0.15) is 5.82 Å². The third kappa shape index (κ3) is 3.04. The molecule has 0 spiro atoms. The number of para-hydroxylation sites is 2. The van der Waals surface area contributed by atoms with Gasteiger partial charge in [0.25, 0.3) is 0 Å². The number of nitrogens with zero attached hydrogens (tertiary/aromatic N) is 1. The highest BCUT2D eigenvalue weighted by Gasteiger charge is 2.10. The van der Waals surface area contributed by atoms with Crippen LogP contribution >= 0.6 is 0 Å². The van der Waals surface area contributed by atoms with Gasteiger partial charge in [0.2, 0.25) is 0 Å². The molecule has 5 heteroatoms. The minimum Gasteiger partial charge on any atom is -0.481 e. The number of hydrogen-bond donors (Lipinski definition) is 3. The molecule has 0 bridgehead atoms. The zero-order chi connectivity index (χ0) is 12.3. The summed E-state index contributed by atoms with van der Waals surface area (Å²) in [6, 6.07) is 7.66. The SMILES string of the molecule is O=C(O)CC(O)CCc1nc2ccccc2[nH]1. The number of carboxylic acid groups (broad SMARTS) is 1. The number of aryl methyl sites for hydroxylation is 1. The van der Waals surface area contributed by atoms with Crippen molar-refractivity contribution in [3.63, 3.8) is 0 Å². The number of nitrogens with one attached hydrogen (secondary N) is 1. The highest BCUT2D eigenvalue weighted by Crippen LogP contribution is 2.12. The summed E-state index contributed by atoms with van der Waals surface area (Å²) in [5.41, 5.74) is 1.84. The van der Waals surface area contributed by atoms with Crippen LogP contribution < -0.4 is 0 Å². The Kier molecular flexibility index (Phi) is 3.39. The first-order chi connectivity index (χ1) is 8.15. The second-order valence-corrected chi connectivity index (χ2v) is 3.99. The van der Waals surface area contributed by atoms with Gasteiger partial charge in [0.15, 0.2) is 0 Å². The number of rotatable bonds is 5. The number of fused-ring (bicyclic) bond motifs is 1. The van der Waals surface area contributed by atoms with Crippen LogP contribution in [-0.4, -0.2) is 32.3 Å². The van der Waals surface area contributed by atoms with Gasteiger partial charge in [-0.15, -0.1) is 0 Å². The van der Waals surface area contributed by atoms with E-state index in [1.807, 2.05) is 24.3 Å². The van der Waals surface area contributed by atoms with E-state index >= 15 is 0 Å². The van der Waals surface area contributed by atoms with Crippen molar-refractivity contribution >= 4 is 17.0 Å². The predicted octanol–water partition coefficient (Wildman–Crippen LogP) is 1.33. The monoisotopic (exact) mass is 234 g/mol. The third-order valence-electron chi connectivity index (χ3n) is 2.56. The molecule has 0 aliphatic rings. The molecule has 1 atom stereocenters. The maximum Gasteiger partial charge on any atom is 0.305 e. The van der Waals surface area contributed by atoms with Crippen LogP contribution in [0.25, 0.3) is 11.0 Å². The van der Waals surface area contributed by atoms with Crippen molar-refractivity contribution in [2.24, 2.45) is 0 Å². The number of benzene rings is 1. The fraction of sp³-hybridized carbons (Fsp3) is 0.333. The average molecular weight is 234 g/mol. The molecule has 17 heavy (non-hydrogen) atoms. The quantitative estimate of drug-likeness (QED) is 0.728. The van der Waals surface area contributed by atoms with Crippen molar-refractivity contribution < 1.29 is 15.0 Å². The summed E-state index contributed by atoms with van der Waals surface area (Å²) in [6.45, 7) is 0. The van der Waals surface area contributed by atoms with Crippen LogP contribution in [0.5, 0.6) is 0 Å². The van der Waals surface area contributed by atoms with Crippen molar-refractivity contribution in [3.05, 3.63) is 30.1 Å². The van der Waals surface area contributed by atoms with Gasteiger partial charge in [-0.3, -0.25) is 4.79 Å². The zero-order valence-corrected chi connectivity index (χ0v) is 9.26. The molecule has 0 radical (unpaired) electrons. The molecule has 1 unspecified atom stereocenters. The molecule has 2 aromatic rings. The van der Waals surface area contributed by atoms with E-state index in [4.69, 9.17) is 5.11 Å². The Balaban J connectivity index is 1.97. The first kappa shape index (κ1) is 11.6. The van der Waals surface area contributed by atoms with Gasteiger partial charge in [0.05, 0.1) is 23.6 Å². The number of aliphatic hydroxyl groups is 1. The summed E-state index contributed by atoms with van der Waals surface area (Å²) < 4.78 is 0. The summed E-state index contributed by atoms with van der Waals surface area (Å²) in [4.78, 5) is 17.9. The smallest absolute Gasteiger partial charge is 0.305 e. The third-order valence-corrected chi connectivity index (χ3v) is 2.56. The van der Waals surface area contributed by atoms with E-state index in [1.54, 1.807) is 0 Å². The van der Waals surface area contributed by atoms with Crippen LogP contribution in [-0.2, 0) is 11.2 Å². The standard InChI is InChI=1S/C12H14N2O3/c15-8(7-12(16)17)5-6-11-13-9-3-1-2-4-10(9)14-11/h1-4,8,15H,5-7H2,(H,13,14)(H,16,17). The summed E-state index contributed by atoms with van der Waals surface area (Å²) in [6.07, 6.45) is -0.101. The molecule has 90 valence electrons. The highest BCUT2D eigenvalue weighted by molar-refractivity contribution is 5.74. The highest BCUT2D eigenvalue weighted by atomic mass is 16.4. The van der Waals surface area contributed by atoms with E-state index in [2.05, 4.69) is 9.97 Å². The molecular formula is C12H14N2O3. The van der Waals surface area contributed by atoms with Gasteiger partial charge in [-0.2, -0.15) is 0 Å². The molecule has 1 aromatic heterocycles. The first-order valence-corrected chi connectivity index (χ1v) is 5.48. The molecule has 0 aliphatic heterocycles. The Morgan fingerprint density at radius 2 is 2.18 bits per heavy atom. The van der Waals surface area contributed by atoms with Gasteiger partial charge < -0.3 is 15.2 Å². The molecule has 0 saturated carbocycles. The Labute approximate surface area is 98.1 Å². The minimum absolute atomic E-state index is 0.222. The van der Waals surface area contributed by atoms with Crippen molar-refractivity contribution in [2.45, 2.75) is 25.4 Å². The first-order valence-electron chi connectivity index (χ1n) is 5.48. The predicted molar refractivity (Wildman–Crippen MR) is 62.7 cm³/mol. The fourth-order valence-corrected chi connectivity index (χ4v) is 1.73. The van der Waals surface area contributed by atoms with Crippen molar-refractivity contribution in [2.75, 3.05) is 0 Å². The number of aromatic amines is 1. The largest absolute Gasteiger partial charge is 0.481 e. The van der Waals surface area contributed by atoms with E-state index in [1.165, 1.54) is 0 Å². The second kappa shape index (κ2) is 4.97. The molecule has 5 nitrogen and oxygen atoms in total. The van der Waals surface area contributed by atoms with Crippen LogP contribution in [0.2, 0.25) is 0 Å². The van der Waals surface area contributed by atoms with Crippen LogP contribution in [0.15, 0.2) is 24.3 Å². The molecule has 1 aromatic carbocycles. The molecule has 3 N–H and O–H groups in total. The number of aromatic nitrogens is 2. The van der Waals surface area contributed by atoms with Crippen LogP contribution in [0.3, 0.4) is 0 Å². The van der Waals surface area contributed by atoms with Gasteiger partial charge in [-0.1, -0.05) is 12.1 Å². The maximum atomic E-state index is 10.4. The molecule has 0 saturated heterocycles. The van der Waals surface area contributed by atoms with E-state index in [9.17, 15) is 9.90 Å². The lowest BCUT2D eigenvalue weighted by atomic mass is 10.1. The summed E-state index contributed by atoms with van der Waals surface area (Å²) in [5.74, 6) is -0.210. The molecule has 0 fully saturated rings. The van der Waals surface area contributed by atoms with Gasteiger partial charge >= 0.3 is 5.97 Å². The Morgan fingerprint density at radius 3 is 2.88 bits per heavy atom. The Morgan fingerprint density at radius 1 is 1.41 bits per heavy atom. The molecule has 1 heterocycles. The van der Waals surface area contributed by atoms with Gasteiger partial charge in [0, 0.05) is 6.42 Å². The van der Waals surface area contributed by atoms with Gasteiger partial charge in [-0.25, -0.2) is 4.98 Å². The molecular weight excluding hydrogens is 220 g/mol. The lowest BCUT2D eigenvalue weighted by molar-refractivity contribution is -0.139. The zero-order valence-electron chi connectivity index (χ0n) is 9.26. The number of aliphatic carboxylic acids is 1. The van der Waals surface area contributed by atoms with E-state index in [0.29, 0.717) is 12.8 Å². The minimum atomic E-state index is -0.984. The topological polar surface area (TPSA) is 86.2 Å². The normalized spacial score (nSPS) is 12.8. The number of imidazole rings is 1. The number of carboxylic acids is 1. The molecule has 0 amide bonds. The van der Waals surface area contributed by atoms with Crippen LogP contribution in [0.4, 0.5) is 0 Å². The van der Waals surface area contributed by atoms with E-state index in [-0.39, 0.29) is 6.42 Å². The van der Waals surface area contributed by atoms with E-state index in [0.717, 1.165) is 16.9 Å². The van der Waals surface area contributed by atoms with E-state index < -0.39 is 12.1 Å². The van der Waals surface area contributed by atoms with Crippen molar-refractivity contribution in [1.29, 1.82) is 0 Å². The lowest BCUT2D eigenvalue weighted by Gasteiger charge is -2.05. The van der Waals surface area contributed by atoms with Gasteiger partial charge in [-0.05, 0) is 18.6 Å². The molecule has 0 aliphatic carbocycles. The number of carbonyl (C=O) groups is 1. The maximum absolute atomic E-state index is 10.4. The summed E-state index contributed by atoms with van der Waals surface area (Å²) in [5, 5.41) is 17.9. The van der Waals surface area contributed by atoms with Crippen LogP contribution in [0.1, 0.15) is 18.7 Å². The average Bonchev–Trinajstić information content (AvgIpc) is 2.68.